The molecule has 0 radical (unpaired) electrons. The highest BCUT2D eigenvalue weighted by atomic mass is 16.6. The minimum Gasteiger partial charge on any atom is -0.469 e. The van der Waals surface area contributed by atoms with Crippen LogP contribution in [0.2, 0.25) is 0 Å². The number of hydrogen-bond donors (Lipinski definition) is 1. The molecule has 0 bridgehead atoms. The van der Waals surface area contributed by atoms with Crippen molar-refractivity contribution >= 4 is 12.1 Å². The summed E-state index contributed by atoms with van der Waals surface area (Å²) in [6.07, 6.45) is -1.17. The molecule has 0 aliphatic carbocycles. The Hall–Kier alpha value is -1.34. The molecular weight excluding hydrogens is 290 g/mol. The van der Waals surface area contributed by atoms with Crippen molar-refractivity contribution in [3.05, 3.63) is 0 Å². The summed E-state index contributed by atoms with van der Waals surface area (Å²) in [4.78, 5) is 25.0. The Labute approximate surface area is 131 Å². The van der Waals surface area contributed by atoms with E-state index in [0.29, 0.717) is 0 Å². The second-order valence-electron chi connectivity index (χ2n) is 6.86. The molecule has 1 heterocycles. The predicted molar refractivity (Wildman–Crippen MR) is 79.1 cm³/mol. The zero-order chi connectivity index (χ0) is 17.1. The van der Waals surface area contributed by atoms with E-state index in [4.69, 9.17) is 9.47 Å². The van der Waals surface area contributed by atoms with Crippen molar-refractivity contribution in [2.75, 3.05) is 13.7 Å². The summed E-state index contributed by atoms with van der Waals surface area (Å²) in [7, 11) is 1.30. The second-order valence-corrected chi connectivity index (χ2v) is 6.86. The molecule has 2 atom stereocenters. The number of rotatable bonds is 4. The van der Waals surface area contributed by atoms with E-state index in [1.165, 1.54) is 12.0 Å². The third kappa shape index (κ3) is 4.84. The van der Waals surface area contributed by atoms with Crippen molar-refractivity contribution in [1.82, 2.24) is 4.90 Å². The first-order valence-electron chi connectivity index (χ1n) is 7.39. The van der Waals surface area contributed by atoms with Gasteiger partial charge in [-0.3, -0.25) is 9.69 Å². The fourth-order valence-electron chi connectivity index (χ4n) is 2.34. The van der Waals surface area contributed by atoms with E-state index in [1.54, 1.807) is 34.6 Å². The Balaban J connectivity index is 2.80. The van der Waals surface area contributed by atoms with Crippen LogP contribution in [0.1, 0.15) is 47.5 Å². The van der Waals surface area contributed by atoms with E-state index >= 15 is 0 Å². The smallest absolute Gasteiger partial charge is 0.412 e. The van der Waals surface area contributed by atoms with Crippen LogP contribution >= 0.6 is 0 Å². The highest BCUT2D eigenvalue weighted by Crippen LogP contribution is 2.31. The van der Waals surface area contributed by atoms with Gasteiger partial charge in [0.15, 0.2) is 0 Å². The van der Waals surface area contributed by atoms with Crippen LogP contribution in [0.4, 0.5) is 4.79 Å². The van der Waals surface area contributed by atoms with Gasteiger partial charge in [-0.05, 0) is 41.0 Å². The fourth-order valence-corrected chi connectivity index (χ4v) is 2.34. The minimum atomic E-state index is -0.895. The van der Waals surface area contributed by atoms with Crippen LogP contribution in [0.15, 0.2) is 0 Å². The van der Waals surface area contributed by atoms with Gasteiger partial charge in [-0.1, -0.05) is 0 Å². The molecule has 0 aromatic carbocycles. The maximum Gasteiger partial charge on any atom is 0.412 e. The van der Waals surface area contributed by atoms with E-state index in [2.05, 4.69) is 4.74 Å². The van der Waals surface area contributed by atoms with Gasteiger partial charge < -0.3 is 19.3 Å². The van der Waals surface area contributed by atoms with Gasteiger partial charge >= 0.3 is 12.1 Å². The lowest BCUT2D eigenvalue weighted by Crippen LogP contribution is -2.53. The Morgan fingerprint density at radius 2 is 2.00 bits per heavy atom. The number of carbonyl (C=O) groups is 2. The average Bonchev–Trinajstić information content (AvgIpc) is 2.69. The van der Waals surface area contributed by atoms with Crippen molar-refractivity contribution in [2.24, 2.45) is 0 Å². The van der Waals surface area contributed by atoms with Gasteiger partial charge in [-0.2, -0.15) is 0 Å². The standard InChI is InChI=1S/C15H27NO6/c1-14(2,3)22-13(19)16-10(9-21-15(16,4)5)11(17)7-8-12(18)20-6/h10-11,17H,7-9H2,1-6H3. The zero-order valence-electron chi connectivity index (χ0n) is 14.2. The molecule has 1 aliphatic rings. The number of aliphatic hydroxyl groups excluding tert-OH is 1. The Morgan fingerprint density at radius 3 is 2.50 bits per heavy atom. The van der Waals surface area contributed by atoms with Crippen LogP contribution < -0.4 is 0 Å². The first kappa shape index (κ1) is 18.7. The number of ether oxygens (including phenoxy) is 3. The predicted octanol–water partition coefficient (Wildman–Crippen LogP) is 1.67. The fraction of sp³-hybridized carbons (Fsp3) is 0.867. The summed E-state index contributed by atoms with van der Waals surface area (Å²) in [5.74, 6) is -0.402. The van der Waals surface area contributed by atoms with Crippen LogP contribution in [0.3, 0.4) is 0 Å². The van der Waals surface area contributed by atoms with Gasteiger partial charge in [0.05, 0.1) is 25.9 Å². The first-order valence-corrected chi connectivity index (χ1v) is 7.39. The Kier molecular flexibility index (Phi) is 5.81. The quantitative estimate of drug-likeness (QED) is 0.794. The molecule has 1 N–H and O–H groups in total. The SMILES string of the molecule is COC(=O)CCC(O)C1COC(C)(C)N1C(=O)OC(C)(C)C. The molecule has 7 nitrogen and oxygen atoms in total. The molecule has 2 unspecified atom stereocenters. The molecule has 0 saturated carbocycles. The summed E-state index contributed by atoms with van der Waals surface area (Å²) < 4.78 is 15.6. The molecule has 22 heavy (non-hydrogen) atoms. The molecule has 1 aliphatic heterocycles. The van der Waals surface area contributed by atoms with Crippen LogP contribution in [0, 0.1) is 0 Å². The van der Waals surface area contributed by atoms with Gasteiger partial charge in [0.25, 0.3) is 0 Å². The van der Waals surface area contributed by atoms with Gasteiger partial charge in [0.2, 0.25) is 0 Å². The lowest BCUT2D eigenvalue weighted by Gasteiger charge is -2.36. The number of nitrogens with zero attached hydrogens (tertiary/aromatic N) is 1. The summed E-state index contributed by atoms with van der Waals surface area (Å²) in [6.45, 7) is 9.00. The second kappa shape index (κ2) is 6.83. The van der Waals surface area contributed by atoms with E-state index < -0.39 is 35.5 Å². The maximum atomic E-state index is 12.4. The van der Waals surface area contributed by atoms with Crippen LogP contribution in [0.5, 0.6) is 0 Å². The normalized spacial score (nSPS) is 22.3. The molecule has 0 spiro atoms. The van der Waals surface area contributed by atoms with Crippen LogP contribution in [-0.4, -0.2) is 59.3 Å². The third-order valence-corrected chi connectivity index (χ3v) is 3.43. The van der Waals surface area contributed by atoms with Crippen LogP contribution in [-0.2, 0) is 19.0 Å². The summed E-state index contributed by atoms with van der Waals surface area (Å²) in [5, 5.41) is 10.3. The van der Waals surface area contributed by atoms with Crippen LogP contribution in [0.25, 0.3) is 0 Å². The number of aliphatic hydroxyl groups is 1. The minimum absolute atomic E-state index is 0.0801. The van der Waals surface area contributed by atoms with Crippen molar-refractivity contribution < 1.29 is 28.9 Å². The van der Waals surface area contributed by atoms with Crippen molar-refractivity contribution in [3.63, 3.8) is 0 Å². The number of esters is 1. The van der Waals surface area contributed by atoms with E-state index in [1.807, 2.05) is 0 Å². The summed E-state index contributed by atoms with van der Waals surface area (Å²) in [5.41, 5.74) is -1.52. The van der Waals surface area contributed by atoms with E-state index in [-0.39, 0.29) is 19.4 Å². The number of hydrogen-bond acceptors (Lipinski definition) is 6. The molecule has 0 aromatic heterocycles. The summed E-state index contributed by atoms with van der Waals surface area (Å²) >= 11 is 0. The molecular formula is C15H27NO6. The maximum absolute atomic E-state index is 12.4. The van der Waals surface area contributed by atoms with Gasteiger partial charge in [-0.25, -0.2) is 4.79 Å². The van der Waals surface area contributed by atoms with Crippen molar-refractivity contribution in [1.29, 1.82) is 0 Å². The van der Waals surface area contributed by atoms with Gasteiger partial charge in [0, 0.05) is 6.42 Å². The number of amides is 1. The molecule has 1 saturated heterocycles. The average molecular weight is 317 g/mol. The topological polar surface area (TPSA) is 85.3 Å². The molecule has 7 heteroatoms. The largest absolute Gasteiger partial charge is 0.469 e. The van der Waals surface area contributed by atoms with Crippen molar-refractivity contribution in [3.8, 4) is 0 Å². The zero-order valence-corrected chi connectivity index (χ0v) is 14.2. The highest BCUT2D eigenvalue weighted by Gasteiger charge is 2.48. The summed E-state index contributed by atoms with van der Waals surface area (Å²) in [6, 6.07) is -0.561. The Morgan fingerprint density at radius 1 is 1.41 bits per heavy atom. The third-order valence-electron chi connectivity index (χ3n) is 3.43. The molecule has 1 rings (SSSR count). The van der Waals surface area contributed by atoms with E-state index in [0.717, 1.165) is 0 Å². The van der Waals surface area contributed by atoms with Gasteiger partial charge in [-0.15, -0.1) is 0 Å². The van der Waals surface area contributed by atoms with Crippen molar-refractivity contribution in [2.45, 2.75) is 70.9 Å². The first-order chi connectivity index (χ1) is 9.98. The molecule has 128 valence electrons. The monoisotopic (exact) mass is 317 g/mol. The molecule has 1 fully saturated rings. The number of methoxy groups -OCH3 is 1. The molecule has 1 amide bonds. The molecule has 0 aromatic rings. The lowest BCUT2D eigenvalue weighted by atomic mass is 10.0. The van der Waals surface area contributed by atoms with E-state index in [9.17, 15) is 14.7 Å². The Bertz CT molecular complexity index is 415. The van der Waals surface area contributed by atoms with Gasteiger partial charge in [0.1, 0.15) is 11.3 Å². The lowest BCUT2D eigenvalue weighted by molar-refractivity contribution is -0.141. The highest BCUT2D eigenvalue weighted by molar-refractivity contribution is 5.70. The number of carbonyl (C=O) groups excluding carboxylic acids is 2.